The first-order valence-corrected chi connectivity index (χ1v) is 13.0. The Hall–Kier alpha value is -3.90. The fourth-order valence-electron chi connectivity index (χ4n) is 4.10. The van der Waals surface area contributed by atoms with E-state index in [0.29, 0.717) is 28.3 Å². The van der Waals surface area contributed by atoms with Crippen LogP contribution in [0.5, 0.6) is 5.75 Å². The molecule has 0 saturated heterocycles. The summed E-state index contributed by atoms with van der Waals surface area (Å²) in [5.41, 5.74) is 2.02. The molecule has 2 aliphatic heterocycles. The summed E-state index contributed by atoms with van der Waals surface area (Å²) in [6.45, 7) is 5.50. The molecule has 1 N–H and O–H groups in total. The van der Waals surface area contributed by atoms with E-state index in [1.54, 1.807) is 57.2 Å². The number of benzene rings is 2. The van der Waals surface area contributed by atoms with Crippen LogP contribution in [0.15, 0.2) is 75.8 Å². The fraction of sp³-hybridized carbons (Fsp3) is 0.250. The average Bonchev–Trinajstić information content (AvgIpc) is 2.92. The van der Waals surface area contributed by atoms with Gasteiger partial charge in [-0.15, -0.1) is 17.0 Å². The minimum atomic E-state index is -0.831. The van der Waals surface area contributed by atoms with Crippen LogP contribution >= 0.6 is 28.7 Å². The summed E-state index contributed by atoms with van der Waals surface area (Å²) >= 11 is 1.01. The van der Waals surface area contributed by atoms with E-state index in [4.69, 9.17) is 14.2 Å². The number of hydrogen-bond donors (Lipinski definition) is 1. The summed E-state index contributed by atoms with van der Waals surface area (Å²) in [4.78, 5) is 57.4. The molecule has 0 fully saturated rings. The Kier molecular flexibility index (Phi) is 10.3. The van der Waals surface area contributed by atoms with Crippen LogP contribution in [0.25, 0.3) is 0 Å². The molecule has 2 amide bonds. The molecule has 2 aromatic rings. The molecule has 0 aliphatic carbocycles. The molecule has 10 nitrogen and oxygen atoms in total. The molecule has 0 spiro atoms. The summed E-state index contributed by atoms with van der Waals surface area (Å²) in [5.74, 6) is -1.52. The zero-order chi connectivity index (χ0) is 28.1. The van der Waals surface area contributed by atoms with Crippen molar-refractivity contribution in [3.05, 3.63) is 81.9 Å². The van der Waals surface area contributed by atoms with Gasteiger partial charge in [0.05, 0.1) is 48.1 Å². The first-order chi connectivity index (χ1) is 18.8. The lowest BCUT2D eigenvalue weighted by molar-refractivity contribution is -0.139. The van der Waals surface area contributed by atoms with Gasteiger partial charge in [-0.3, -0.25) is 14.5 Å². The standard InChI is InChI=1S/C28H27N3O7S.BrH/c1-5-37-26(34)17-10-12-19(13-11-17)30-25(33)21-15-22(32)31-24(18-8-7-9-20(14-18)36-4)23(27(35)38-6-2)16(3)29-28(31)39-21;/h7-15,24H,5-6H2,1-4H3,(H,30,33);1H. The Morgan fingerprint density at radius 3 is 2.35 bits per heavy atom. The van der Waals surface area contributed by atoms with Gasteiger partial charge in [-0.05, 0) is 74.5 Å². The van der Waals surface area contributed by atoms with Crippen molar-refractivity contribution < 1.29 is 33.4 Å². The second kappa shape index (κ2) is 13.4. The molecule has 12 heteroatoms. The third-order valence-corrected chi connectivity index (χ3v) is 6.86. The highest BCUT2D eigenvalue weighted by atomic mass is 79.9. The van der Waals surface area contributed by atoms with E-state index in [1.807, 2.05) is 0 Å². The van der Waals surface area contributed by atoms with Gasteiger partial charge in [0.15, 0.2) is 5.17 Å². The Morgan fingerprint density at radius 1 is 1.02 bits per heavy atom. The van der Waals surface area contributed by atoms with Gasteiger partial charge in [0, 0.05) is 11.8 Å². The number of anilines is 1. The van der Waals surface area contributed by atoms with Crippen LogP contribution in [0.1, 0.15) is 42.7 Å². The minimum Gasteiger partial charge on any atom is -0.497 e. The summed E-state index contributed by atoms with van der Waals surface area (Å²) in [6, 6.07) is 12.4. The third-order valence-electron chi connectivity index (χ3n) is 5.87. The normalized spacial score (nSPS) is 16.1. The van der Waals surface area contributed by atoms with Crippen LogP contribution in [0.2, 0.25) is 0 Å². The Morgan fingerprint density at radius 2 is 1.70 bits per heavy atom. The van der Waals surface area contributed by atoms with Crippen molar-refractivity contribution in [1.29, 1.82) is 0 Å². The number of carbonyl (C=O) groups is 4. The number of rotatable bonds is 8. The SMILES string of the molecule is Br.CCOC(=O)C1=C(C)N=C2SC(C(=O)Nc3ccc(C(=O)OCC)cc3)=CC(=O)N2C1c1cccc(OC)c1. The van der Waals surface area contributed by atoms with Crippen molar-refractivity contribution >= 4 is 63.4 Å². The molecule has 0 bridgehead atoms. The number of ether oxygens (including phenoxy) is 3. The van der Waals surface area contributed by atoms with Crippen LogP contribution in [-0.4, -0.2) is 54.1 Å². The summed E-state index contributed by atoms with van der Waals surface area (Å²) in [6.07, 6.45) is 1.21. The average molecular weight is 631 g/mol. The van der Waals surface area contributed by atoms with Crippen LogP contribution in [0.3, 0.4) is 0 Å². The maximum atomic E-state index is 13.5. The molecule has 4 rings (SSSR count). The van der Waals surface area contributed by atoms with E-state index >= 15 is 0 Å². The summed E-state index contributed by atoms with van der Waals surface area (Å²) < 4.78 is 15.6. The smallest absolute Gasteiger partial charge is 0.338 e. The number of fused-ring (bicyclic) bond motifs is 1. The lowest BCUT2D eigenvalue weighted by atomic mass is 9.94. The number of amidine groups is 1. The van der Waals surface area contributed by atoms with Crippen molar-refractivity contribution in [2.75, 3.05) is 25.6 Å². The van der Waals surface area contributed by atoms with Gasteiger partial charge in [0.2, 0.25) is 0 Å². The molecule has 0 aromatic heterocycles. The second-order valence-corrected chi connectivity index (χ2v) is 9.37. The number of nitrogens with one attached hydrogen (secondary N) is 1. The highest BCUT2D eigenvalue weighted by Gasteiger charge is 2.42. The number of halogens is 1. The number of aliphatic imine (C=N–C) groups is 1. The highest BCUT2D eigenvalue weighted by Crippen LogP contribution is 2.42. The maximum absolute atomic E-state index is 13.5. The largest absolute Gasteiger partial charge is 0.497 e. The topological polar surface area (TPSA) is 124 Å². The van der Waals surface area contributed by atoms with Crippen LogP contribution in [-0.2, 0) is 23.9 Å². The number of nitrogens with zero attached hydrogens (tertiary/aromatic N) is 2. The van der Waals surface area contributed by atoms with Crippen molar-refractivity contribution in [2.45, 2.75) is 26.8 Å². The third kappa shape index (κ3) is 6.45. The molecule has 2 heterocycles. The molecule has 40 heavy (non-hydrogen) atoms. The van der Waals surface area contributed by atoms with Gasteiger partial charge in [0.1, 0.15) is 5.75 Å². The van der Waals surface area contributed by atoms with Gasteiger partial charge < -0.3 is 19.5 Å². The van der Waals surface area contributed by atoms with E-state index in [-0.39, 0.29) is 45.8 Å². The molecular weight excluding hydrogens is 602 g/mol. The van der Waals surface area contributed by atoms with Crippen molar-refractivity contribution in [2.24, 2.45) is 4.99 Å². The van der Waals surface area contributed by atoms with E-state index in [2.05, 4.69) is 10.3 Å². The number of hydrogen-bond acceptors (Lipinski definition) is 9. The van der Waals surface area contributed by atoms with E-state index in [9.17, 15) is 19.2 Å². The van der Waals surface area contributed by atoms with E-state index < -0.39 is 29.8 Å². The number of methoxy groups -OCH3 is 1. The molecule has 210 valence electrons. The maximum Gasteiger partial charge on any atom is 0.338 e. The van der Waals surface area contributed by atoms with Crippen LogP contribution in [0.4, 0.5) is 5.69 Å². The lowest BCUT2D eigenvalue weighted by Gasteiger charge is -2.38. The van der Waals surface area contributed by atoms with Gasteiger partial charge in [-0.1, -0.05) is 12.1 Å². The summed E-state index contributed by atoms with van der Waals surface area (Å²) in [7, 11) is 1.53. The second-order valence-electron chi connectivity index (χ2n) is 8.36. The van der Waals surface area contributed by atoms with Crippen LogP contribution in [0, 0.1) is 0 Å². The molecular formula is C28H28BrN3O7S. The zero-order valence-corrected chi connectivity index (χ0v) is 24.8. The number of thioether (sulfide) groups is 1. The first kappa shape index (κ1) is 30.6. The van der Waals surface area contributed by atoms with Crippen molar-refractivity contribution in [3.8, 4) is 5.75 Å². The Labute approximate surface area is 246 Å². The van der Waals surface area contributed by atoms with E-state index in [0.717, 1.165) is 11.8 Å². The highest BCUT2D eigenvalue weighted by molar-refractivity contribution is 8.93. The number of esters is 2. The van der Waals surface area contributed by atoms with E-state index in [1.165, 1.54) is 30.2 Å². The van der Waals surface area contributed by atoms with Gasteiger partial charge in [0.25, 0.3) is 11.8 Å². The van der Waals surface area contributed by atoms with Crippen LogP contribution < -0.4 is 10.1 Å². The monoisotopic (exact) mass is 629 g/mol. The minimum absolute atomic E-state index is 0. The van der Waals surface area contributed by atoms with Crippen molar-refractivity contribution in [1.82, 2.24) is 4.90 Å². The summed E-state index contributed by atoms with van der Waals surface area (Å²) in [5, 5.41) is 2.98. The van der Waals surface area contributed by atoms with Crippen molar-refractivity contribution in [3.63, 3.8) is 0 Å². The number of allylic oxidation sites excluding steroid dienone is 1. The quantitative estimate of drug-likeness (QED) is 0.413. The first-order valence-electron chi connectivity index (χ1n) is 12.2. The zero-order valence-electron chi connectivity index (χ0n) is 22.3. The molecule has 0 saturated carbocycles. The molecule has 1 unspecified atom stereocenters. The Balaban J connectivity index is 0.00000441. The molecule has 0 radical (unpaired) electrons. The predicted molar refractivity (Wildman–Crippen MR) is 156 cm³/mol. The molecule has 2 aromatic carbocycles. The fourth-order valence-corrected chi connectivity index (χ4v) is 5.08. The van der Waals surface area contributed by atoms with Gasteiger partial charge >= 0.3 is 11.9 Å². The number of amides is 2. The predicted octanol–water partition coefficient (Wildman–Crippen LogP) is 4.80. The molecule has 1 atom stereocenters. The van der Waals surface area contributed by atoms with Gasteiger partial charge in [-0.25, -0.2) is 14.6 Å². The number of carbonyl (C=O) groups excluding carboxylic acids is 4. The van der Waals surface area contributed by atoms with Gasteiger partial charge in [-0.2, -0.15) is 0 Å². The Bertz CT molecular complexity index is 1420. The lowest BCUT2D eigenvalue weighted by Crippen LogP contribution is -2.45. The molecule has 2 aliphatic rings.